The van der Waals surface area contributed by atoms with Crippen molar-refractivity contribution in [2.75, 3.05) is 18.0 Å². The van der Waals surface area contributed by atoms with E-state index in [1.165, 1.54) is 0 Å². The number of piperidine rings is 2. The van der Waals surface area contributed by atoms with Crippen molar-refractivity contribution < 1.29 is 24.0 Å². The largest absolute Gasteiger partial charge is 0.371 e. The van der Waals surface area contributed by atoms with E-state index >= 15 is 0 Å². The van der Waals surface area contributed by atoms with Gasteiger partial charge in [-0.05, 0) is 49.8 Å². The van der Waals surface area contributed by atoms with Crippen molar-refractivity contribution in [2.24, 2.45) is 5.92 Å². The highest BCUT2D eigenvalue weighted by atomic mass is 16.2. The zero-order chi connectivity index (χ0) is 20.5. The molecular formula is C21H23N3O5. The molecule has 0 bridgehead atoms. The molecule has 8 heteroatoms. The number of carbonyl (C=O) groups excluding carboxylic acids is 5. The number of anilines is 1. The molecule has 0 saturated carbocycles. The van der Waals surface area contributed by atoms with Gasteiger partial charge in [-0.3, -0.25) is 29.4 Å². The summed E-state index contributed by atoms with van der Waals surface area (Å²) in [5.41, 5.74) is 1.48. The van der Waals surface area contributed by atoms with Crippen LogP contribution in [0.1, 0.15) is 59.2 Å². The van der Waals surface area contributed by atoms with Gasteiger partial charge in [0.15, 0.2) is 0 Å². The number of fused-ring (bicyclic) bond motifs is 1. The van der Waals surface area contributed by atoms with E-state index in [9.17, 15) is 24.0 Å². The summed E-state index contributed by atoms with van der Waals surface area (Å²) in [5, 5.41) is 2.20. The van der Waals surface area contributed by atoms with Crippen molar-refractivity contribution >= 4 is 35.6 Å². The third-order valence-electron chi connectivity index (χ3n) is 6.10. The van der Waals surface area contributed by atoms with E-state index in [1.54, 1.807) is 12.1 Å². The molecule has 0 aromatic heterocycles. The molecule has 4 amide bonds. The van der Waals surface area contributed by atoms with Crippen molar-refractivity contribution in [3.8, 4) is 0 Å². The molecular weight excluding hydrogens is 374 g/mol. The van der Waals surface area contributed by atoms with Crippen LogP contribution in [0.5, 0.6) is 0 Å². The van der Waals surface area contributed by atoms with Crippen molar-refractivity contribution in [3.05, 3.63) is 29.3 Å². The Morgan fingerprint density at radius 2 is 1.72 bits per heavy atom. The summed E-state index contributed by atoms with van der Waals surface area (Å²) in [6, 6.07) is 4.27. The minimum absolute atomic E-state index is 0.105. The standard InChI is InChI=1S/C21H23N3O5/c25-11-1-2-13-7-9-23(10-8-13)14-3-4-15-16(12-14)21(29)24(20(15)28)17-5-6-18(26)22-19(17)27/h3-4,11-13,17H,1-2,5-10H2,(H,22,26,27). The summed E-state index contributed by atoms with van der Waals surface area (Å²) in [4.78, 5) is 62.9. The lowest BCUT2D eigenvalue weighted by Gasteiger charge is -2.33. The van der Waals surface area contributed by atoms with Gasteiger partial charge in [-0.25, -0.2) is 0 Å². The number of benzene rings is 1. The molecule has 2 fully saturated rings. The number of aldehydes is 1. The first-order chi connectivity index (χ1) is 14.0. The first kappa shape index (κ1) is 19.3. The van der Waals surface area contributed by atoms with Crippen LogP contribution in [0.3, 0.4) is 0 Å². The van der Waals surface area contributed by atoms with E-state index in [0.717, 1.165) is 49.2 Å². The third kappa shape index (κ3) is 3.54. The molecule has 1 N–H and O–H groups in total. The van der Waals surface area contributed by atoms with Gasteiger partial charge < -0.3 is 9.69 Å². The number of imide groups is 2. The molecule has 3 heterocycles. The molecule has 0 spiro atoms. The van der Waals surface area contributed by atoms with E-state index in [1.807, 2.05) is 6.07 Å². The average Bonchev–Trinajstić information content (AvgIpc) is 2.97. The highest BCUT2D eigenvalue weighted by molar-refractivity contribution is 6.23. The quantitative estimate of drug-likeness (QED) is 0.593. The molecule has 1 aromatic carbocycles. The lowest BCUT2D eigenvalue weighted by Crippen LogP contribution is -2.54. The van der Waals surface area contributed by atoms with E-state index < -0.39 is 23.8 Å². The number of carbonyl (C=O) groups is 5. The Hall–Kier alpha value is -3.03. The Kier molecular flexibility index (Phi) is 5.17. The first-order valence-electron chi connectivity index (χ1n) is 10.0. The van der Waals surface area contributed by atoms with Crippen LogP contribution >= 0.6 is 0 Å². The normalized spacial score (nSPS) is 22.7. The fraction of sp³-hybridized carbons (Fsp3) is 0.476. The van der Waals surface area contributed by atoms with Crippen LogP contribution in [0.2, 0.25) is 0 Å². The Morgan fingerprint density at radius 1 is 1.00 bits per heavy atom. The topological polar surface area (TPSA) is 104 Å². The summed E-state index contributed by atoms with van der Waals surface area (Å²) in [6.07, 6.45) is 4.70. The smallest absolute Gasteiger partial charge is 0.262 e. The van der Waals surface area contributed by atoms with Crippen LogP contribution in [0, 0.1) is 5.92 Å². The van der Waals surface area contributed by atoms with Crippen molar-refractivity contribution in [3.63, 3.8) is 0 Å². The van der Waals surface area contributed by atoms with Gasteiger partial charge >= 0.3 is 0 Å². The van der Waals surface area contributed by atoms with Gasteiger partial charge in [0.25, 0.3) is 11.8 Å². The second-order valence-corrected chi connectivity index (χ2v) is 7.85. The minimum Gasteiger partial charge on any atom is -0.371 e. The van der Waals surface area contributed by atoms with Crippen LogP contribution in [-0.4, -0.2) is 53.9 Å². The highest BCUT2D eigenvalue weighted by Crippen LogP contribution is 2.32. The Morgan fingerprint density at radius 3 is 2.41 bits per heavy atom. The van der Waals surface area contributed by atoms with Crippen LogP contribution in [-0.2, 0) is 14.4 Å². The summed E-state index contributed by atoms with van der Waals surface area (Å²) >= 11 is 0. The van der Waals surface area contributed by atoms with E-state index in [0.29, 0.717) is 23.5 Å². The fourth-order valence-corrected chi connectivity index (χ4v) is 4.44. The Labute approximate surface area is 168 Å². The summed E-state index contributed by atoms with van der Waals surface area (Å²) in [6.45, 7) is 1.67. The highest BCUT2D eigenvalue weighted by Gasteiger charge is 2.44. The maximum absolute atomic E-state index is 12.9. The second-order valence-electron chi connectivity index (χ2n) is 7.85. The van der Waals surface area contributed by atoms with Crippen LogP contribution < -0.4 is 10.2 Å². The predicted molar refractivity (Wildman–Crippen MR) is 103 cm³/mol. The van der Waals surface area contributed by atoms with Crippen LogP contribution in [0.15, 0.2) is 18.2 Å². The predicted octanol–water partition coefficient (Wildman–Crippen LogP) is 1.28. The summed E-state index contributed by atoms with van der Waals surface area (Å²) in [5.74, 6) is -1.42. The minimum atomic E-state index is -0.947. The molecule has 152 valence electrons. The van der Waals surface area contributed by atoms with Gasteiger partial charge in [-0.1, -0.05) is 0 Å². The van der Waals surface area contributed by atoms with Crippen LogP contribution in [0.4, 0.5) is 5.69 Å². The summed E-state index contributed by atoms with van der Waals surface area (Å²) < 4.78 is 0. The molecule has 3 aliphatic heterocycles. The number of hydrogen-bond acceptors (Lipinski definition) is 6. The number of rotatable bonds is 5. The zero-order valence-corrected chi connectivity index (χ0v) is 16.1. The molecule has 1 unspecified atom stereocenters. The van der Waals surface area contributed by atoms with Crippen molar-refractivity contribution in [1.29, 1.82) is 0 Å². The van der Waals surface area contributed by atoms with Crippen molar-refractivity contribution in [2.45, 2.75) is 44.6 Å². The van der Waals surface area contributed by atoms with E-state index in [2.05, 4.69) is 10.2 Å². The number of hydrogen-bond donors (Lipinski definition) is 1. The van der Waals surface area contributed by atoms with Crippen LogP contribution in [0.25, 0.3) is 0 Å². The average molecular weight is 397 g/mol. The van der Waals surface area contributed by atoms with Crippen molar-refractivity contribution in [1.82, 2.24) is 10.2 Å². The lowest BCUT2D eigenvalue weighted by molar-refractivity contribution is -0.136. The molecule has 4 rings (SSSR count). The van der Waals surface area contributed by atoms with Gasteiger partial charge in [0.05, 0.1) is 11.1 Å². The Balaban J connectivity index is 1.50. The van der Waals surface area contributed by atoms with Gasteiger partial charge in [-0.2, -0.15) is 0 Å². The molecule has 1 atom stereocenters. The maximum atomic E-state index is 12.9. The molecule has 0 aliphatic carbocycles. The first-order valence-corrected chi connectivity index (χ1v) is 10.0. The molecule has 29 heavy (non-hydrogen) atoms. The fourth-order valence-electron chi connectivity index (χ4n) is 4.44. The monoisotopic (exact) mass is 397 g/mol. The number of amides is 4. The molecule has 2 saturated heterocycles. The molecule has 8 nitrogen and oxygen atoms in total. The van der Waals surface area contributed by atoms with Gasteiger partial charge in [-0.15, -0.1) is 0 Å². The summed E-state index contributed by atoms with van der Waals surface area (Å²) in [7, 11) is 0. The molecule has 1 aromatic rings. The number of nitrogens with zero attached hydrogens (tertiary/aromatic N) is 2. The maximum Gasteiger partial charge on any atom is 0.262 e. The zero-order valence-electron chi connectivity index (χ0n) is 16.1. The number of nitrogens with one attached hydrogen (secondary N) is 1. The van der Waals surface area contributed by atoms with E-state index in [-0.39, 0.29) is 18.7 Å². The van der Waals surface area contributed by atoms with Gasteiger partial charge in [0.1, 0.15) is 12.3 Å². The molecule has 3 aliphatic rings. The van der Waals surface area contributed by atoms with Gasteiger partial charge in [0.2, 0.25) is 11.8 Å². The second kappa shape index (κ2) is 7.77. The van der Waals surface area contributed by atoms with E-state index in [4.69, 9.17) is 0 Å². The SMILES string of the molecule is O=CCCC1CCN(c2ccc3c(c2)C(=O)N(C2CCC(=O)NC2=O)C3=O)CC1. The lowest BCUT2D eigenvalue weighted by atomic mass is 9.92. The third-order valence-corrected chi connectivity index (χ3v) is 6.10. The Bertz CT molecular complexity index is 888. The molecule has 0 radical (unpaired) electrons. The van der Waals surface area contributed by atoms with Gasteiger partial charge in [0, 0.05) is 31.6 Å².